The van der Waals surface area contributed by atoms with Crippen molar-refractivity contribution in [2.24, 2.45) is 0 Å². The number of anilines is 2. The van der Waals surface area contributed by atoms with Crippen molar-refractivity contribution in [3.8, 4) is 11.3 Å². The van der Waals surface area contributed by atoms with E-state index in [0.29, 0.717) is 23.0 Å². The van der Waals surface area contributed by atoms with Crippen LogP contribution in [0.25, 0.3) is 11.3 Å². The van der Waals surface area contributed by atoms with Gasteiger partial charge in [0.1, 0.15) is 5.69 Å². The van der Waals surface area contributed by atoms with Crippen LogP contribution in [-0.2, 0) is 6.18 Å². The zero-order valence-electron chi connectivity index (χ0n) is 14.1. The van der Waals surface area contributed by atoms with Crippen LogP contribution in [0.2, 0.25) is 0 Å². The predicted octanol–water partition coefficient (Wildman–Crippen LogP) is 4.99. The molecule has 0 amide bonds. The van der Waals surface area contributed by atoms with Gasteiger partial charge in [-0.25, -0.2) is 4.98 Å². The summed E-state index contributed by atoms with van der Waals surface area (Å²) in [6.07, 6.45) is -1.30. The molecule has 0 spiro atoms. The summed E-state index contributed by atoms with van der Waals surface area (Å²) in [7, 11) is 0. The first-order valence-electron chi connectivity index (χ1n) is 8.07. The lowest BCUT2D eigenvalue weighted by Gasteiger charge is -2.12. The molecule has 1 heterocycles. The SMILES string of the molecule is OCCSc1ccc(-c2nccnc2Nc2ccc(C(F)(F)F)cc2)cc1. The molecule has 0 saturated carbocycles. The summed E-state index contributed by atoms with van der Waals surface area (Å²) in [5.41, 5.74) is 1.20. The van der Waals surface area contributed by atoms with Gasteiger partial charge in [-0.2, -0.15) is 13.2 Å². The second-order valence-electron chi connectivity index (χ2n) is 5.55. The average Bonchev–Trinajstić information content (AvgIpc) is 2.67. The zero-order valence-corrected chi connectivity index (χ0v) is 14.9. The maximum atomic E-state index is 12.7. The van der Waals surface area contributed by atoms with Gasteiger partial charge >= 0.3 is 6.18 Å². The molecule has 2 aromatic carbocycles. The third-order valence-corrected chi connectivity index (χ3v) is 4.65. The largest absolute Gasteiger partial charge is 0.416 e. The molecule has 2 N–H and O–H groups in total. The molecule has 0 bridgehead atoms. The second-order valence-corrected chi connectivity index (χ2v) is 6.72. The minimum atomic E-state index is -4.37. The number of alkyl halides is 3. The number of hydrogen-bond donors (Lipinski definition) is 2. The van der Waals surface area contributed by atoms with Gasteiger partial charge in [-0.1, -0.05) is 12.1 Å². The molecule has 0 radical (unpaired) electrons. The summed E-state index contributed by atoms with van der Waals surface area (Å²) >= 11 is 1.54. The third kappa shape index (κ3) is 4.99. The lowest BCUT2D eigenvalue weighted by atomic mass is 10.1. The average molecular weight is 391 g/mol. The van der Waals surface area contributed by atoms with Crippen molar-refractivity contribution >= 4 is 23.3 Å². The van der Waals surface area contributed by atoms with Gasteiger partial charge in [0.15, 0.2) is 5.82 Å². The molecule has 0 saturated heterocycles. The molecule has 1 aromatic heterocycles. The molecular formula is C19H16F3N3OS. The summed E-state index contributed by atoms with van der Waals surface area (Å²) in [6.45, 7) is 0.109. The Morgan fingerprint density at radius 2 is 1.59 bits per heavy atom. The lowest BCUT2D eigenvalue weighted by Crippen LogP contribution is -2.05. The standard InChI is InChI=1S/C19H16F3N3OS/c20-19(21,22)14-3-5-15(6-4-14)25-18-17(23-9-10-24-18)13-1-7-16(8-2-13)27-12-11-26/h1-10,26H,11-12H2,(H,24,25). The van der Waals surface area contributed by atoms with E-state index in [0.717, 1.165) is 22.6 Å². The van der Waals surface area contributed by atoms with E-state index in [1.165, 1.54) is 18.3 Å². The number of aromatic nitrogens is 2. The minimum Gasteiger partial charge on any atom is -0.396 e. The number of benzene rings is 2. The van der Waals surface area contributed by atoms with E-state index in [4.69, 9.17) is 5.11 Å². The first kappa shape index (κ1) is 19.2. The fraction of sp³-hybridized carbons (Fsp3) is 0.158. The smallest absolute Gasteiger partial charge is 0.396 e. The topological polar surface area (TPSA) is 58.0 Å². The molecule has 0 aliphatic carbocycles. The van der Waals surface area contributed by atoms with Crippen molar-refractivity contribution in [1.82, 2.24) is 9.97 Å². The molecule has 8 heteroatoms. The van der Waals surface area contributed by atoms with Gasteiger partial charge in [0, 0.05) is 34.3 Å². The minimum absolute atomic E-state index is 0.109. The van der Waals surface area contributed by atoms with Crippen molar-refractivity contribution in [2.75, 3.05) is 17.7 Å². The predicted molar refractivity (Wildman–Crippen MR) is 100 cm³/mol. The Bertz CT molecular complexity index is 884. The van der Waals surface area contributed by atoms with Crippen molar-refractivity contribution in [1.29, 1.82) is 0 Å². The number of halogens is 3. The Morgan fingerprint density at radius 3 is 2.22 bits per heavy atom. The molecule has 0 unspecified atom stereocenters. The molecule has 0 atom stereocenters. The monoisotopic (exact) mass is 391 g/mol. The second kappa shape index (κ2) is 8.41. The van der Waals surface area contributed by atoms with E-state index in [-0.39, 0.29) is 6.61 Å². The van der Waals surface area contributed by atoms with Crippen LogP contribution in [0.3, 0.4) is 0 Å². The van der Waals surface area contributed by atoms with Crippen LogP contribution in [0.4, 0.5) is 24.7 Å². The molecule has 3 rings (SSSR count). The first-order valence-corrected chi connectivity index (χ1v) is 9.05. The fourth-order valence-corrected chi connectivity index (χ4v) is 3.05. The lowest BCUT2D eigenvalue weighted by molar-refractivity contribution is -0.137. The van der Waals surface area contributed by atoms with E-state index >= 15 is 0 Å². The number of aliphatic hydroxyl groups is 1. The van der Waals surface area contributed by atoms with Gasteiger partial charge < -0.3 is 10.4 Å². The maximum absolute atomic E-state index is 12.7. The number of thioether (sulfide) groups is 1. The van der Waals surface area contributed by atoms with Crippen LogP contribution in [0.15, 0.2) is 65.8 Å². The quantitative estimate of drug-likeness (QED) is 0.580. The van der Waals surface area contributed by atoms with Crippen molar-refractivity contribution in [2.45, 2.75) is 11.1 Å². The molecule has 140 valence electrons. The molecule has 0 fully saturated rings. The van der Waals surface area contributed by atoms with Crippen LogP contribution in [0.1, 0.15) is 5.56 Å². The highest BCUT2D eigenvalue weighted by Crippen LogP contribution is 2.32. The highest BCUT2D eigenvalue weighted by Gasteiger charge is 2.29. The molecule has 4 nitrogen and oxygen atoms in total. The number of aliphatic hydroxyl groups excluding tert-OH is 1. The Labute approximate surface area is 158 Å². The molecular weight excluding hydrogens is 375 g/mol. The Hall–Kier alpha value is -2.58. The Morgan fingerprint density at radius 1 is 0.926 bits per heavy atom. The van der Waals surface area contributed by atoms with Crippen LogP contribution in [0, 0.1) is 0 Å². The van der Waals surface area contributed by atoms with E-state index in [2.05, 4.69) is 15.3 Å². The van der Waals surface area contributed by atoms with Gasteiger partial charge in [-0.3, -0.25) is 4.98 Å². The normalized spacial score (nSPS) is 11.4. The van der Waals surface area contributed by atoms with E-state index in [1.54, 1.807) is 18.0 Å². The Balaban J connectivity index is 1.82. The molecule has 27 heavy (non-hydrogen) atoms. The number of rotatable bonds is 6. The molecule has 3 aromatic rings. The first-order chi connectivity index (χ1) is 13.0. The molecule has 0 aliphatic rings. The van der Waals surface area contributed by atoms with Crippen LogP contribution >= 0.6 is 11.8 Å². The summed E-state index contributed by atoms with van der Waals surface area (Å²) in [6, 6.07) is 12.4. The van der Waals surface area contributed by atoms with Gasteiger partial charge in [0.05, 0.1) is 12.2 Å². The van der Waals surface area contributed by atoms with Crippen molar-refractivity contribution < 1.29 is 18.3 Å². The summed E-state index contributed by atoms with van der Waals surface area (Å²) in [4.78, 5) is 9.62. The van der Waals surface area contributed by atoms with E-state index in [1.807, 2.05) is 24.3 Å². The summed E-state index contributed by atoms with van der Waals surface area (Å²) in [5.74, 6) is 1.07. The van der Waals surface area contributed by atoms with Gasteiger partial charge in [-0.15, -0.1) is 11.8 Å². The van der Waals surface area contributed by atoms with Gasteiger partial charge in [-0.05, 0) is 36.4 Å². The van der Waals surface area contributed by atoms with Crippen LogP contribution in [0.5, 0.6) is 0 Å². The van der Waals surface area contributed by atoms with E-state index < -0.39 is 11.7 Å². The number of nitrogens with zero attached hydrogens (tertiary/aromatic N) is 2. The summed E-state index contributed by atoms with van der Waals surface area (Å²) in [5, 5.41) is 11.9. The van der Waals surface area contributed by atoms with E-state index in [9.17, 15) is 13.2 Å². The third-order valence-electron chi connectivity index (χ3n) is 3.66. The number of nitrogens with one attached hydrogen (secondary N) is 1. The van der Waals surface area contributed by atoms with Crippen LogP contribution in [-0.4, -0.2) is 27.4 Å². The summed E-state index contributed by atoms with van der Waals surface area (Å²) < 4.78 is 38.1. The maximum Gasteiger partial charge on any atom is 0.416 e. The highest BCUT2D eigenvalue weighted by molar-refractivity contribution is 7.99. The van der Waals surface area contributed by atoms with Gasteiger partial charge in [0.25, 0.3) is 0 Å². The van der Waals surface area contributed by atoms with Crippen LogP contribution < -0.4 is 5.32 Å². The van der Waals surface area contributed by atoms with Gasteiger partial charge in [0.2, 0.25) is 0 Å². The number of hydrogen-bond acceptors (Lipinski definition) is 5. The van der Waals surface area contributed by atoms with Crippen molar-refractivity contribution in [3.05, 3.63) is 66.5 Å². The highest BCUT2D eigenvalue weighted by atomic mass is 32.2. The van der Waals surface area contributed by atoms with Crippen molar-refractivity contribution in [3.63, 3.8) is 0 Å². The fourth-order valence-electron chi connectivity index (χ4n) is 2.39. The zero-order chi connectivity index (χ0) is 19.3. The Kier molecular flexibility index (Phi) is 5.98. The molecule has 0 aliphatic heterocycles.